The quantitative estimate of drug-likeness (QED) is 0.481. The average molecular weight is 324 g/mol. The molecule has 108 valence electrons. The molecule has 5 heteroatoms. The van der Waals surface area contributed by atoms with Gasteiger partial charge in [-0.05, 0) is 24.3 Å². The summed E-state index contributed by atoms with van der Waals surface area (Å²) < 4.78 is 5.39. The lowest BCUT2D eigenvalue weighted by Gasteiger charge is -2.04. The van der Waals surface area contributed by atoms with Gasteiger partial charge in [-0.1, -0.05) is 18.2 Å². The van der Waals surface area contributed by atoms with Gasteiger partial charge in [-0.2, -0.15) is 0 Å². The fourth-order valence-electron chi connectivity index (χ4n) is 2.23. The molecule has 0 unspecified atom stereocenters. The van der Waals surface area contributed by atoms with Gasteiger partial charge >= 0.3 is 0 Å². The van der Waals surface area contributed by atoms with E-state index in [0.717, 1.165) is 27.7 Å². The van der Waals surface area contributed by atoms with Crippen LogP contribution in [0, 0.1) is 0 Å². The van der Waals surface area contributed by atoms with Gasteiger partial charge in [-0.15, -0.1) is 23.1 Å². The Hall–Kier alpha value is -2.11. The molecule has 0 saturated carbocycles. The lowest BCUT2D eigenvalue weighted by molar-refractivity contribution is 0.581. The van der Waals surface area contributed by atoms with Crippen molar-refractivity contribution in [2.45, 2.75) is 10.6 Å². The van der Waals surface area contributed by atoms with Crippen molar-refractivity contribution in [3.05, 3.63) is 66.0 Å². The third kappa shape index (κ3) is 2.65. The smallest absolute Gasteiger partial charge is 0.162 e. The summed E-state index contributed by atoms with van der Waals surface area (Å²) in [7, 11) is 0. The van der Waals surface area contributed by atoms with Crippen molar-refractivity contribution in [3.63, 3.8) is 0 Å². The lowest BCUT2D eigenvalue weighted by atomic mass is 10.2. The predicted octanol–water partition coefficient (Wildman–Crippen LogP) is 5.24. The Morgan fingerprint density at radius 3 is 2.95 bits per heavy atom. The minimum atomic E-state index is 0.829. The van der Waals surface area contributed by atoms with Gasteiger partial charge in [0.05, 0.1) is 17.5 Å². The van der Waals surface area contributed by atoms with E-state index in [1.54, 1.807) is 29.4 Å². The first-order chi connectivity index (χ1) is 10.9. The summed E-state index contributed by atoms with van der Waals surface area (Å²) in [4.78, 5) is 10.3. The molecule has 1 aromatic carbocycles. The number of furan rings is 1. The van der Waals surface area contributed by atoms with Gasteiger partial charge in [0.25, 0.3) is 0 Å². The number of rotatable bonds is 4. The van der Waals surface area contributed by atoms with Crippen molar-refractivity contribution in [1.82, 2.24) is 9.97 Å². The van der Waals surface area contributed by atoms with Crippen molar-refractivity contribution in [2.75, 3.05) is 0 Å². The Morgan fingerprint density at radius 2 is 2.05 bits per heavy atom. The van der Waals surface area contributed by atoms with Crippen LogP contribution in [-0.4, -0.2) is 9.97 Å². The third-order valence-corrected chi connectivity index (χ3v) is 5.28. The Morgan fingerprint density at radius 1 is 1.09 bits per heavy atom. The fourth-order valence-corrected chi connectivity index (χ4v) is 4.06. The van der Waals surface area contributed by atoms with E-state index in [1.165, 1.54) is 10.3 Å². The van der Waals surface area contributed by atoms with Gasteiger partial charge < -0.3 is 4.42 Å². The van der Waals surface area contributed by atoms with E-state index in [4.69, 9.17) is 4.42 Å². The molecule has 0 fully saturated rings. The second-order valence-electron chi connectivity index (χ2n) is 4.74. The summed E-state index contributed by atoms with van der Waals surface area (Å²) in [5.41, 5.74) is 2.10. The van der Waals surface area contributed by atoms with E-state index >= 15 is 0 Å². The van der Waals surface area contributed by atoms with E-state index in [2.05, 4.69) is 27.5 Å². The van der Waals surface area contributed by atoms with Crippen LogP contribution < -0.4 is 0 Å². The standard InChI is InChI=1S/C17H12N2OS2/c1-2-5-14-13(4-1)16(7-8-18-14)21-10-12-11-22-17(19-12)15-6-3-9-20-15/h1-9,11H,10H2. The zero-order valence-corrected chi connectivity index (χ0v) is 13.2. The number of hydrogen-bond acceptors (Lipinski definition) is 5. The molecule has 0 aliphatic heterocycles. The van der Waals surface area contributed by atoms with Crippen molar-refractivity contribution in [3.8, 4) is 10.8 Å². The molecule has 3 aromatic heterocycles. The van der Waals surface area contributed by atoms with Gasteiger partial charge in [-0.3, -0.25) is 4.98 Å². The molecule has 3 heterocycles. The van der Waals surface area contributed by atoms with Crippen LogP contribution in [0.2, 0.25) is 0 Å². The van der Waals surface area contributed by atoms with E-state index in [0.29, 0.717) is 0 Å². The number of thioether (sulfide) groups is 1. The van der Waals surface area contributed by atoms with E-state index in [-0.39, 0.29) is 0 Å². The van der Waals surface area contributed by atoms with Crippen molar-refractivity contribution in [2.24, 2.45) is 0 Å². The molecular formula is C17H12N2OS2. The van der Waals surface area contributed by atoms with Crippen LogP contribution in [0.4, 0.5) is 0 Å². The molecule has 4 rings (SSSR count). The Kier molecular flexibility index (Phi) is 3.66. The summed E-state index contributed by atoms with van der Waals surface area (Å²) in [6, 6.07) is 14.1. The van der Waals surface area contributed by atoms with E-state index in [9.17, 15) is 0 Å². The highest BCUT2D eigenvalue weighted by Crippen LogP contribution is 2.31. The number of pyridine rings is 1. The molecule has 0 N–H and O–H groups in total. The lowest BCUT2D eigenvalue weighted by Crippen LogP contribution is -1.84. The van der Waals surface area contributed by atoms with Crippen molar-refractivity contribution in [1.29, 1.82) is 0 Å². The van der Waals surface area contributed by atoms with Crippen LogP contribution in [0.1, 0.15) is 5.69 Å². The first-order valence-electron chi connectivity index (χ1n) is 6.85. The number of benzene rings is 1. The monoisotopic (exact) mass is 324 g/mol. The maximum Gasteiger partial charge on any atom is 0.162 e. The van der Waals surface area contributed by atoms with Crippen LogP contribution in [0.15, 0.2) is 69.6 Å². The van der Waals surface area contributed by atoms with Gasteiger partial charge in [0.2, 0.25) is 0 Å². The average Bonchev–Trinajstić information content (AvgIpc) is 3.24. The second-order valence-corrected chi connectivity index (χ2v) is 6.61. The highest BCUT2D eigenvalue weighted by Gasteiger charge is 2.08. The molecule has 0 aliphatic rings. The number of hydrogen-bond donors (Lipinski definition) is 0. The summed E-state index contributed by atoms with van der Waals surface area (Å²) in [5, 5.41) is 4.21. The summed E-state index contributed by atoms with van der Waals surface area (Å²) >= 11 is 3.40. The highest BCUT2D eigenvalue weighted by atomic mass is 32.2. The molecule has 4 aromatic rings. The Labute approximate surface area is 136 Å². The summed E-state index contributed by atoms with van der Waals surface area (Å²) in [6.45, 7) is 0. The molecular weight excluding hydrogens is 312 g/mol. The Bertz CT molecular complexity index is 895. The molecule has 0 aliphatic carbocycles. The number of thiazole rings is 1. The van der Waals surface area contributed by atoms with Gasteiger partial charge in [-0.25, -0.2) is 4.98 Å². The van der Waals surface area contributed by atoms with Gasteiger partial charge in [0.15, 0.2) is 10.8 Å². The molecule has 0 amide bonds. The molecule has 0 radical (unpaired) electrons. The van der Waals surface area contributed by atoms with E-state index < -0.39 is 0 Å². The molecule has 0 spiro atoms. The van der Waals surface area contributed by atoms with Gasteiger partial charge in [0, 0.05) is 27.6 Å². The molecule has 0 bridgehead atoms. The third-order valence-electron chi connectivity index (χ3n) is 3.27. The van der Waals surface area contributed by atoms with E-state index in [1.807, 2.05) is 36.5 Å². The molecule has 0 atom stereocenters. The number of aromatic nitrogens is 2. The minimum absolute atomic E-state index is 0.829. The fraction of sp³-hybridized carbons (Fsp3) is 0.0588. The van der Waals surface area contributed by atoms with Crippen LogP contribution >= 0.6 is 23.1 Å². The summed E-state index contributed by atoms with van der Waals surface area (Å²) in [6.07, 6.45) is 3.54. The SMILES string of the molecule is c1coc(-c2nc(CSc3ccnc4ccccc34)cs2)c1. The molecule has 3 nitrogen and oxygen atoms in total. The summed E-state index contributed by atoms with van der Waals surface area (Å²) in [5.74, 6) is 1.67. The number of fused-ring (bicyclic) bond motifs is 1. The molecule has 22 heavy (non-hydrogen) atoms. The van der Waals surface area contributed by atoms with Crippen molar-refractivity contribution < 1.29 is 4.42 Å². The minimum Gasteiger partial charge on any atom is -0.462 e. The topological polar surface area (TPSA) is 38.9 Å². The second kappa shape index (κ2) is 5.94. The predicted molar refractivity (Wildman–Crippen MR) is 91.1 cm³/mol. The zero-order valence-electron chi connectivity index (χ0n) is 11.6. The molecule has 0 saturated heterocycles. The first kappa shape index (κ1) is 13.5. The first-order valence-corrected chi connectivity index (χ1v) is 8.71. The van der Waals surface area contributed by atoms with Crippen LogP contribution in [0.5, 0.6) is 0 Å². The number of para-hydroxylation sites is 1. The van der Waals surface area contributed by atoms with Crippen LogP contribution in [-0.2, 0) is 5.75 Å². The van der Waals surface area contributed by atoms with Crippen LogP contribution in [0.25, 0.3) is 21.7 Å². The maximum atomic E-state index is 5.39. The van der Waals surface area contributed by atoms with Crippen LogP contribution in [0.3, 0.4) is 0 Å². The highest BCUT2D eigenvalue weighted by molar-refractivity contribution is 7.98. The van der Waals surface area contributed by atoms with Crippen molar-refractivity contribution >= 4 is 34.0 Å². The maximum absolute atomic E-state index is 5.39. The van der Waals surface area contributed by atoms with Gasteiger partial charge in [0.1, 0.15) is 0 Å². The largest absolute Gasteiger partial charge is 0.462 e. The normalized spacial score (nSPS) is 11.1. The zero-order chi connectivity index (χ0) is 14.8. The number of nitrogens with zero attached hydrogens (tertiary/aromatic N) is 2. The Balaban J connectivity index is 1.55.